The van der Waals surface area contributed by atoms with Gasteiger partial charge in [0.1, 0.15) is 5.82 Å². The Bertz CT molecular complexity index is 712. The third-order valence-electron chi connectivity index (χ3n) is 4.41. The maximum absolute atomic E-state index is 12.4. The van der Waals surface area contributed by atoms with Gasteiger partial charge in [0.2, 0.25) is 11.0 Å². The van der Waals surface area contributed by atoms with Crippen LogP contribution in [-0.2, 0) is 11.3 Å². The Hall–Kier alpha value is -1.70. The first-order chi connectivity index (χ1) is 12.0. The van der Waals surface area contributed by atoms with Crippen LogP contribution in [0.25, 0.3) is 0 Å². The fourth-order valence-electron chi connectivity index (χ4n) is 2.82. The summed E-state index contributed by atoms with van der Waals surface area (Å²) in [4.78, 5) is 21.3. The summed E-state index contributed by atoms with van der Waals surface area (Å²) in [7, 11) is 0. The van der Waals surface area contributed by atoms with Crippen LogP contribution < -0.4 is 10.2 Å². The summed E-state index contributed by atoms with van der Waals surface area (Å²) in [6.07, 6.45) is 0. The van der Waals surface area contributed by atoms with Gasteiger partial charge in [-0.2, -0.15) is 4.37 Å². The van der Waals surface area contributed by atoms with Crippen molar-refractivity contribution in [2.75, 3.05) is 31.1 Å². The van der Waals surface area contributed by atoms with Crippen molar-refractivity contribution >= 4 is 34.2 Å². The molecule has 1 aromatic carbocycles. The molecule has 1 aliphatic rings. The van der Waals surface area contributed by atoms with Crippen LogP contribution in [0, 0.1) is 6.92 Å². The van der Waals surface area contributed by atoms with Gasteiger partial charge in [0.25, 0.3) is 0 Å². The standard InChI is InChI=1S/C17H22ClN5OS/c1-12(16(24)19-11-14-3-5-15(18)6-4-14)22-7-9-23(10-8-22)17-20-13(2)21-25-17/h3-6,12H,7-11H2,1-2H3,(H,19,24). The van der Waals surface area contributed by atoms with E-state index in [0.717, 1.165) is 42.7 Å². The average molecular weight is 380 g/mol. The van der Waals surface area contributed by atoms with Crippen molar-refractivity contribution < 1.29 is 4.79 Å². The molecule has 0 bridgehead atoms. The molecule has 3 rings (SSSR count). The van der Waals surface area contributed by atoms with Crippen molar-refractivity contribution in [3.63, 3.8) is 0 Å². The van der Waals surface area contributed by atoms with E-state index in [1.807, 2.05) is 38.1 Å². The largest absolute Gasteiger partial charge is 0.351 e. The lowest BCUT2D eigenvalue weighted by Gasteiger charge is -2.37. The Labute approximate surface area is 157 Å². The molecule has 134 valence electrons. The Kier molecular flexibility index (Phi) is 5.88. The number of benzene rings is 1. The lowest BCUT2D eigenvalue weighted by molar-refractivity contribution is -0.126. The summed E-state index contributed by atoms with van der Waals surface area (Å²) in [5, 5.41) is 4.67. The number of amides is 1. The molecule has 1 unspecified atom stereocenters. The normalized spacial score (nSPS) is 16.7. The number of carbonyl (C=O) groups excluding carboxylic acids is 1. The number of piperazine rings is 1. The van der Waals surface area contributed by atoms with Gasteiger partial charge >= 0.3 is 0 Å². The molecule has 1 amide bonds. The molecule has 0 spiro atoms. The number of aryl methyl sites for hydroxylation is 1. The van der Waals surface area contributed by atoms with E-state index >= 15 is 0 Å². The van der Waals surface area contributed by atoms with Gasteiger partial charge in [-0.25, -0.2) is 4.98 Å². The minimum atomic E-state index is -0.148. The van der Waals surface area contributed by atoms with Gasteiger partial charge in [0, 0.05) is 49.3 Å². The first kappa shape index (κ1) is 18.1. The van der Waals surface area contributed by atoms with Gasteiger partial charge in [-0.15, -0.1) is 0 Å². The maximum Gasteiger partial charge on any atom is 0.237 e. The second kappa shape index (κ2) is 8.12. The number of hydrogen-bond acceptors (Lipinski definition) is 6. The van der Waals surface area contributed by atoms with Crippen LogP contribution in [0.5, 0.6) is 0 Å². The zero-order valence-corrected chi connectivity index (χ0v) is 16.0. The van der Waals surface area contributed by atoms with Gasteiger partial charge in [-0.1, -0.05) is 23.7 Å². The van der Waals surface area contributed by atoms with Crippen LogP contribution in [0.1, 0.15) is 18.3 Å². The van der Waals surface area contributed by atoms with Crippen LogP contribution in [0.2, 0.25) is 5.02 Å². The van der Waals surface area contributed by atoms with Crippen LogP contribution in [0.4, 0.5) is 5.13 Å². The highest BCUT2D eigenvalue weighted by molar-refractivity contribution is 7.09. The number of carbonyl (C=O) groups is 1. The highest BCUT2D eigenvalue weighted by atomic mass is 35.5. The van der Waals surface area contributed by atoms with Crippen molar-refractivity contribution in [3.8, 4) is 0 Å². The van der Waals surface area contributed by atoms with Gasteiger partial charge < -0.3 is 10.2 Å². The number of rotatable bonds is 5. The highest BCUT2D eigenvalue weighted by Crippen LogP contribution is 2.19. The molecule has 1 saturated heterocycles. The van der Waals surface area contributed by atoms with E-state index in [-0.39, 0.29) is 11.9 Å². The molecule has 1 fully saturated rings. The van der Waals surface area contributed by atoms with Crippen molar-refractivity contribution in [2.45, 2.75) is 26.4 Å². The monoisotopic (exact) mass is 379 g/mol. The molecule has 0 aliphatic carbocycles. The van der Waals surface area contributed by atoms with E-state index in [1.165, 1.54) is 11.5 Å². The lowest BCUT2D eigenvalue weighted by Crippen LogP contribution is -2.53. The predicted octanol–water partition coefficient (Wildman–Crippen LogP) is 2.33. The summed E-state index contributed by atoms with van der Waals surface area (Å²) in [6, 6.07) is 7.37. The molecule has 0 saturated carbocycles. The summed E-state index contributed by atoms with van der Waals surface area (Å²) >= 11 is 7.31. The van der Waals surface area contributed by atoms with Crippen LogP contribution >= 0.6 is 23.1 Å². The van der Waals surface area contributed by atoms with E-state index in [1.54, 1.807) is 0 Å². The van der Waals surface area contributed by atoms with Crippen LogP contribution in [0.3, 0.4) is 0 Å². The number of nitrogens with one attached hydrogen (secondary N) is 1. The second-order valence-corrected chi connectivity index (χ2v) is 7.33. The first-order valence-corrected chi connectivity index (χ1v) is 9.49. The van der Waals surface area contributed by atoms with E-state index in [0.29, 0.717) is 11.6 Å². The number of anilines is 1. The summed E-state index contributed by atoms with van der Waals surface area (Å²) < 4.78 is 4.24. The molecular weight excluding hydrogens is 358 g/mol. The van der Waals surface area contributed by atoms with Crippen LogP contribution in [-0.4, -0.2) is 52.4 Å². The third kappa shape index (κ3) is 4.68. The Morgan fingerprint density at radius 2 is 1.96 bits per heavy atom. The van der Waals surface area contributed by atoms with Gasteiger partial charge in [-0.05, 0) is 31.5 Å². The molecule has 8 heteroatoms. The van der Waals surface area contributed by atoms with Crippen molar-refractivity contribution in [2.24, 2.45) is 0 Å². The number of halogens is 1. The molecule has 0 radical (unpaired) electrons. The number of hydrogen-bond donors (Lipinski definition) is 1. The molecule has 1 aliphatic heterocycles. The summed E-state index contributed by atoms with van der Waals surface area (Å²) in [6.45, 7) is 7.80. The minimum absolute atomic E-state index is 0.0511. The zero-order valence-electron chi connectivity index (χ0n) is 14.4. The minimum Gasteiger partial charge on any atom is -0.351 e. The van der Waals surface area contributed by atoms with Crippen molar-refractivity contribution in [3.05, 3.63) is 40.7 Å². The number of nitrogens with zero attached hydrogens (tertiary/aromatic N) is 4. The molecule has 2 heterocycles. The maximum atomic E-state index is 12.4. The van der Waals surface area contributed by atoms with Crippen molar-refractivity contribution in [1.82, 2.24) is 19.6 Å². The molecule has 1 aromatic heterocycles. The van der Waals surface area contributed by atoms with Crippen molar-refractivity contribution in [1.29, 1.82) is 0 Å². The van der Waals surface area contributed by atoms with E-state index in [9.17, 15) is 4.79 Å². The first-order valence-electron chi connectivity index (χ1n) is 8.34. The van der Waals surface area contributed by atoms with E-state index < -0.39 is 0 Å². The topological polar surface area (TPSA) is 61.4 Å². The predicted molar refractivity (Wildman–Crippen MR) is 101 cm³/mol. The highest BCUT2D eigenvalue weighted by Gasteiger charge is 2.26. The zero-order chi connectivity index (χ0) is 17.8. The fraction of sp³-hybridized carbons (Fsp3) is 0.471. The number of aromatic nitrogens is 2. The molecule has 6 nitrogen and oxygen atoms in total. The molecular formula is C17H22ClN5OS. The van der Waals surface area contributed by atoms with Gasteiger partial charge in [0.05, 0.1) is 6.04 Å². The van der Waals surface area contributed by atoms with E-state index in [2.05, 4.69) is 24.5 Å². The fourth-order valence-corrected chi connectivity index (χ4v) is 3.67. The lowest BCUT2D eigenvalue weighted by atomic mass is 10.2. The SMILES string of the molecule is Cc1nsc(N2CCN(C(C)C(=O)NCc3ccc(Cl)cc3)CC2)n1. The van der Waals surface area contributed by atoms with Crippen LogP contribution in [0.15, 0.2) is 24.3 Å². The Balaban J connectivity index is 1.47. The van der Waals surface area contributed by atoms with Gasteiger partial charge in [0.15, 0.2) is 0 Å². The van der Waals surface area contributed by atoms with Gasteiger partial charge in [-0.3, -0.25) is 9.69 Å². The molecule has 2 aromatic rings. The Morgan fingerprint density at radius 3 is 2.56 bits per heavy atom. The second-order valence-electron chi connectivity index (χ2n) is 6.17. The molecule has 1 N–H and O–H groups in total. The smallest absolute Gasteiger partial charge is 0.237 e. The summed E-state index contributed by atoms with van der Waals surface area (Å²) in [5.74, 6) is 0.868. The average Bonchev–Trinajstić information content (AvgIpc) is 3.07. The quantitative estimate of drug-likeness (QED) is 0.863. The van der Waals surface area contributed by atoms with E-state index in [4.69, 9.17) is 11.6 Å². The summed E-state index contributed by atoms with van der Waals surface area (Å²) in [5.41, 5.74) is 1.04. The Morgan fingerprint density at radius 1 is 1.28 bits per heavy atom. The molecule has 1 atom stereocenters. The molecule has 25 heavy (non-hydrogen) atoms. The third-order valence-corrected chi connectivity index (χ3v) is 5.53.